The van der Waals surface area contributed by atoms with E-state index < -0.39 is 45.4 Å². The summed E-state index contributed by atoms with van der Waals surface area (Å²) < 4.78 is 16.4. The monoisotopic (exact) mass is 530 g/mol. The van der Waals surface area contributed by atoms with Crippen LogP contribution in [0.5, 0.6) is 0 Å². The molecular formula is C28H50O9. The third-order valence-corrected chi connectivity index (χ3v) is 7.84. The van der Waals surface area contributed by atoms with Gasteiger partial charge in [0.15, 0.2) is 0 Å². The quantitative estimate of drug-likeness (QED) is 0.145. The van der Waals surface area contributed by atoms with Gasteiger partial charge in [0.2, 0.25) is 0 Å². The largest absolute Gasteiger partial charge is 0.391 e. The second-order valence-corrected chi connectivity index (χ2v) is 12.8. The zero-order valence-corrected chi connectivity index (χ0v) is 23.4. The first-order chi connectivity index (χ1) is 16.8. The van der Waals surface area contributed by atoms with Crippen molar-refractivity contribution < 1.29 is 44.8 Å². The van der Waals surface area contributed by atoms with E-state index in [9.17, 15) is 30.6 Å². The molecule has 0 amide bonds. The summed E-state index contributed by atoms with van der Waals surface area (Å²) in [5.74, 6) is 0. The lowest BCUT2D eigenvalue weighted by molar-refractivity contribution is -0.110. The molecule has 9 nitrogen and oxygen atoms in total. The van der Waals surface area contributed by atoms with Crippen molar-refractivity contribution in [2.24, 2.45) is 10.8 Å². The third kappa shape index (κ3) is 9.08. The SMILES string of the molecule is CC1(O)C=CC(O)(CC(O)COCCOCCOCC(O)CC2(O)C=CC(C)(O)CC2(C)C)C(C)(C)C1. The predicted molar refractivity (Wildman–Crippen MR) is 140 cm³/mol. The number of aliphatic hydroxyl groups excluding tert-OH is 2. The van der Waals surface area contributed by atoms with E-state index in [1.54, 1.807) is 38.2 Å². The van der Waals surface area contributed by atoms with Gasteiger partial charge in [-0.3, -0.25) is 0 Å². The predicted octanol–water partition coefficient (Wildman–Crippen LogP) is 1.47. The third-order valence-electron chi connectivity index (χ3n) is 7.84. The molecule has 0 aromatic heterocycles. The summed E-state index contributed by atoms with van der Waals surface area (Å²) in [6, 6.07) is 0. The van der Waals surface area contributed by atoms with E-state index in [0.717, 1.165) is 0 Å². The molecule has 9 heteroatoms. The van der Waals surface area contributed by atoms with Crippen molar-refractivity contribution in [3.8, 4) is 0 Å². The molecule has 0 spiro atoms. The highest BCUT2D eigenvalue weighted by Crippen LogP contribution is 2.47. The standard InChI is InChI=1S/C28H50O9/c1-23(2)19-25(5,31)7-9-27(23,33)15-21(29)17-36-13-11-35-12-14-37-18-22(30)16-28(34)10-8-26(6,32)20-24(28,3)4/h7-10,21-22,29-34H,11-20H2,1-6H3. The van der Waals surface area contributed by atoms with Gasteiger partial charge in [-0.05, 0) is 26.7 Å². The molecule has 0 bridgehead atoms. The van der Waals surface area contributed by atoms with Crippen LogP contribution in [-0.4, -0.2) is 105 Å². The molecule has 6 unspecified atom stereocenters. The summed E-state index contributed by atoms with van der Waals surface area (Å²) in [6.45, 7) is 12.1. The van der Waals surface area contributed by atoms with E-state index in [1.807, 2.05) is 27.7 Å². The second kappa shape index (κ2) is 12.1. The first-order valence-corrected chi connectivity index (χ1v) is 13.2. The Balaban J connectivity index is 1.57. The lowest BCUT2D eigenvalue weighted by Crippen LogP contribution is -2.52. The van der Waals surface area contributed by atoms with Crippen molar-refractivity contribution in [3.63, 3.8) is 0 Å². The van der Waals surface area contributed by atoms with Crippen molar-refractivity contribution in [1.29, 1.82) is 0 Å². The minimum atomic E-state index is -1.24. The van der Waals surface area contributed by atoms with Crippen LogP contribution < -0.4 is 0 Å². The molecule has 0 aliphatic heterocycles. The average molecular weight is 531 g/mol. The summed E-state index contributed by atoms with van der Waals surface area (Å²) in [6.07, 6.45) is 5.56. The van der Waals surface area contributed by atoms with Gasteiger partial charge in [-0.25, -0.2) is 0 Å². The molecule has 2 aliphatic rings. The summed E-state index contributed by atoms with van der Waals surface area (Å²) in [4.78, 5) is 0. The molecule has 0 saturated carbocycles. The molecule has 2 aliphatic carbocycles. The van der Waals surface area contributed by atoms with Gasteiger partial charge in [0, 0.05) is 23.7 Å². The zero-order chi connectivity index (χ0) is 28.2. The minimum absolute atomic E-state index is 0.0534. The average Bonchev–Trinajstić information content (AvgIpc) is 2.72. The van der Waals surface area contributed by atoms with Crippen LogP contribution in [0, 0.1) is 10.8 Å². The van der Waals surface area contributed by atoms with Crippen LogP contribution in [0.4, 0.5) is 0 Å². The highest BCUT2D eigenvalue weighted by atomic mass is 16.5. The van der Waals surface area contributed by atoms with Crippen LogP contribution in [0.3, 0.4) is 0 Å². The Kier molecular flexibility index (Phi) is 10.6. The Morgan fingerprint density at radius 2 is 0.892 bits per heavy atom. The van der Waals surface area contributed by atoms with Crippen molar-refractivity contribution in [2.45, 2.75) is 102 Å². The highest BCUT2D eigenvalue weighted by molar-refractivity contribution is 5.21. The molecule has 0 heterocycles. The first kappa shape index (κ1) is 32.3. The van der Waals surface area contributed by atoms with E-state index in [2.05, 4.69) is 0 Å². The number of ether oxygens (including phenoxy) is 3. The van der Waals surface area contributed by atoms with E-state index >= 15 is 0 Å². The Morgan fingerprint density at radius 1 is 0.568 bits per heavy atom. The summed E-state index contributed by atoms with van der Waals surface area (Å²) in [5, 5.41) is 63.2. The smallest absolute Gasteiger partial charge is 0.0906 e. The molecule has 0 aromatic rings. The second-order valence-electron chi connectivity index (χ2n) is 12.8. The highest BCUT2D eigenvalue weighted by Gasteiger charge is 2.50. The van der Waals surface area contributed by atoms with E-state index in [4.69, 9.17) is 14.2 Å². The Morgan fingerprint density at radius 3 is 1.22 bits per heavy atom. The molecule has 216 valence electrons. The van der Waals surface area contributed by atoms with Crippen molar-refractivity contribution >= 4 is 0 Å². The Labute approximate surface area is 221 Å². The van der Waals surface area contributed by atoms with E-state index in [-0.39, 0.29) is 39.3 Å². The Hall–Kier alpha value is -0.880. The molecule has 0 radical (unpaired) electrons. The van der Waals surface area contributed by atoms with Crippen LogP contribution >= 0.6 is 0 Å². The maximum Gasteiger partial charge on any atom is 0.0906 e. The minimum Gasteiger partial charge on any atom is -0.391 e. The van der Waals surface area contributed by atoms with Crippen LogP contribution in [0.15, 0.2) is 24.3 Å². The van der Waals surface area contributed by atoms with Crippen molar-refractivity contribution in [1.82, 2.24) is 0 Å². The zero-order valence-electron chi connectivity index (χ0n) is 23.4. The molecular weight excluding hydrogens is 480 g/mol. The number of hydrogen-bond acceptors (Lipinski definition) is 9. The fraction of sp³-hybridized carbons (Fsp3) is 0.857. The first-order valence-electron chi connectivity index (χ1n) is 13.2. The van der Waals surface area contributed by atoms with Gasteiger partial charge in [-0.15, -0.1) is 0 Å². The summed E-state index contributed by atoms with van der Waals surface area (Å²) in [5.41, 5.74) is -5.66. The van der Waals surface area contributed by atoms with E-state index in [1.165, 1.54) is 0 Å². The summed E-state index contributed by atoms with van der Waals surface area (Å²) in [7, 11) is 0. The molecule has 0 fully saturated rings. The van der Waals surface area contributed by atoms with Gasteiger partial charge in [0.1, 0.15) is 0 Å². The van der Waals surface area contributed by atoms with Gasteiger partial charge < -0.3 is 44.8 Å². The van der Waals surface area contributed by atoms with E-state index in [0.29, 0.717) is 26.1 Å². The van der Waals surface area contributed by atoms with Crippen LogP contribution in [0.25, 0.3) is 0 Å². The van der Waals surface area contributed by atoms with Gasteiger partial charge in [0.25, 0.3) is 0 Å². The molecule has 6 N–H and O–H groups in total. The number of aliphatic hydroxyl groups is 6. The molecule has 2 rings (SSSR count). The molecule has 0 aromatic carbocycles. The molecule has 6 atom stereocenters. The van der Waals surface area contributed by atoms with Crippen LogP contribution in [0.2, 0.25) is 0 Å². The lowest BCUT2D eigenvalue weighted by atomic mass is 9.63. The van der Waals surface area contributed by atoms with Gasteiger partial charge in [-0.1, -0.05) is 52.0 Å². The normalized spacial score (nSPS) is 36.4. The van der Waals surface area contributed by atoms with Crippen LogP contribution in [-0.2, 0) is 14.2 Å². The lowest BCUT2D eigenvalue weighted by Gasteiger charge is -2.48. The maximum atomic E-state index is 11.0. The van der Waals surface area contributed by atoms with Gasteiger partial charge in [-0.2, -0.15) is 0 Å². The van der Waals surface area contributed by atoms with Gasteiger partial charge in [0.05, 0.1) is 74.3 Å². The number of rotatable bonds is 14. The fourth-order valence-corrected chi connectivity index (χ4v) is 5.60. The molecule has 0 saturated heterocycles. The fourth-order valence-electron chi connectivity index (χ4n) is 5.60. The van der Waals surface area contributed by atoms with Crippen molar-refractivity contribution in [3.05, 3.63) is 24.3 Å². The molecule has 37 heavy (non-hydrogen) atoms. The van der Waals surface area contributed by atoms with Crippen molar-refractivity contribution in [2.75, 3.05) is 39.6 Å². The Bertz CT molecular complexity index is 725. The van der Waals surface area contributed by atoms with Gasteiger partial charge >= 0.3 is 0 Å². The van der Waals surface area contributed by atoms with Crippen LogP contribution in [0.1, 0.15) is 67.2 Å². The maximum absolute atomic E-state index is 11.0. The topological polar surface area (TPSA) is 149 Å². The summed E-state index contributed by atoms with van der Waals surface area (Å²) >= 11 is 0. The number of hydrogen-bond donors (Lipinski definition) is 6.